The highest BCUT2D eigenvalue weighted by molar-refractivity contribution is 5.82. The summed E-state index contributed by atoms with van der Waals surface area (Å²) in [4.78, 5) is 16.0. The number of carboxylic acid groups (broad SMARTS) is 1. The van der Waals surface area contributed by atoms with E-state index in [1.807, 2.05) is 61.0 Å². The second kappa shape index (κ2) is 11.2. The van der Waals surface area contributed by atoms with Crippen LogP contribution < -0.4 is 4.74 Å². The molecule has 2 aromatic carbocycles. The molecule has 1 unspecified atom stereocenters. The molecular weight excluding hydrogens is 476 g/mol. The van der Waals surface area contributed by atoms with Crippen molar-refractivity contribution in [2.45, 2.75) is 59.5 Å². The Bertz CT molecular complexity index is 1580. The smallest absolute Gasteiger partial charge is 0.304 e. The lowest BCUT2D eigenvalue weighted by Crippen LogP contribution is -2.05. The van der Waals surface area contributed by atoms with Gasteiger partial charge < -0.3 is 9.84 Å². The number of nitrogens with zero attached hydrogens (tertiary/aromatic N) is 4. The van der Waals surface area contributed by atoms with E-state index in [2.05, 4.69) is 37.8 Å². The fourth-order valence-corrected chi connectivity index (χ4v) is 4.58. The molecule has 1 atom stereocenters. The Hall–Kier alpha value is -4.62. The van der Waals surface area contributed by atoms with Crippen LogP contribution in [-0.2, 0) is 11.4 Å². The lowest BCUT2D eigenvalue weighted by atomic mass is 9.93. The summed E-state index contributed by atoms with van der Waals surface area (Å²) in [6, 6.07) is 15.5. The van der Waals surface area contributed by atoms with Crippen LogP contribution >= 0.6 is 0 Å². The topological polar surface area (TPSA) is 101 Å². The number of aliphatic carboxylic acids is 1. The third-order valence-electron chi connectivity index (χ3n) is 6.34. The van der Waals surface area contributed by atoms with E-state index < -0.39 is 5.97 Å². The van der Waals surface area contributed by atoms with E-state index in [0.29, 0.717) is 17.9 Å². The molecule has 0 radical (unpaired) electrons. The van der Waals surface area contributed by atoms with Crippen LogP contribution in [0.1, 0.15) is 72.7 Å². The standard InChI is InChI=1S/C31H30N4O3/c1-6-7-25(15-28(36)37)24-8-10-26(11-9-24)38-18-23-14-27(29-20(4)12-22(16-32)13-21(29)5)31-33-30(19(2)3)34-35(31)17-23/h8-14,17,19,25H,15,18H2,1-5H3,(H,36,37). The lowest BCUT2D eigenvalue weighted by Gasteiger charge is -2.14. The molecule has 7 heteroatoms. The number of rotatable bonds is 8. The molecule has 0 aliphatic carbocycles. The van der Waals surface area contributed by atoms with Crippen LogP contribution in [0.25, 0.3) is 16.8 Å². The molecule has 0 aliphatic heterocycles. The van der Waals surface area contributed by atoms with Crippen LogP contribution in [0.3, 0.4) is 0 Å². The Morgan fingerprint density at radius 1 is 1.13 bits per heavy atom. The van der Waals surface area contributed by atoms with Crippen molar-refractivity contribution in [1.29, 1.82) is 5.26 Å². The Balaban J connectivity index is 1.67. The van der Waals surface area contributed by atoms with Gasteiger partial charge in [-0.15, -0.1) is 5.92 Å². The number of nitriles is 1. The maximum Gasteiger partial charge on any atom is 0.304 e. The third kappa shape index (κ3) is 5.68. The molecule has 0 amide bonds. The SMILES string of the molecule is CC#CC(CC(=O)O)c1ccc(OCc2cc(-c3c(C)cc(C#N)cc3C)c3nc(C(C)C)nn3c2)cc1. The second-order valence-corrected chi connectivity index (χ2v) is 9.65. The van der Waals surface area contributed by atoms with Gasteiger partial charge in [-0.3, -0.25) is 4.79 Å². The van der Waals surface area contributed by atoms with E-state index in [0.717, 1.165) is 44.9 Å². The summed E-state index contributed by atoms with van der Waals surface area (Å²) in [5.74, 6) is 6.14. The normalized spacial score (nSPS) is 11.6. The fourth-order valence-electron chi connectivity index (χ4n) is 4.58. The summed E-state index contributed by atoms with van der Waals surface area (Å²) in [5.41, 5.74) is 7.12. The average molecular weight is 507 g/mol. The van der Waals surface area contributed by atoms with Crippen molar-refractivity contribution in [3.8, 4) is 34.8 Å². The Morgan fingerprint density at radius 3 is 2.39 bits per heavy atom. The number of carboxylic acids is 1. The summed E-state index contributed by atoms with van der Waals surface area (Å²) in [6.45, 7) is 10.1. The van der Waals surface area contributed by atoms with Gasteiger partial charge in [0.2, 0.25) is 0 Å². The average Bonchev–Trinajstić information content (AvgIpc) is 3.32. The summed E-state index contributed by atoms with van der Waals surface area (Å²) in [7, 11) is 0. The first-order chi connectivity index (χ1) is 18.2. The minimum absolute atomic E-state index is 0.0473. The molecule has 4 rings (SSSR count). The molecule has 0 aliphatic rings. The summed E-state index contributed by atoms with van der Waals surface area (Å²) < 4.78 is 7.91. The monoisotopic (exact) mass is 506 g/mol. The van der Waals surface area contributed by atoms with Crippen LogP contribution in [0.2, 0.25) is 0 Å². The number of ether oxygens (including phenoxy) is 1. The predicted molar refractivity (Wildman–Crippen MR) is 146 cm³/mol. The number of aryl methyl sites for hydroxylation is 2. The Labute approximate surface area is 222 Å². The number of fused-ring (bicyclic) bond motifs is 1. The molecule has 2 aromatic heterocycles. The zero-order valence-corrected chi connectivity index (χ0v) is 22.2. The third-order valence-corrected chi connectivity index (χ3v) is 6.34. The van der Waals surface area contributed by atoms with Gasteiger partial charge in [0.1, 0.15) is 12.4 Å². The number of hydrogen-bond donors (Lipinski definition) is 1. The first-order valence-corrected chi connectivity index (χ1v) is 12.5. The van der Waals surface area contributed by atoms with Gasteiger partial charge in [0.15, 0.2) is 11.5 Å². The number of aromatic nitrogens is 3. The molecule has 0 spiro atoms. The summed E-state index contributed by atoms with van der Waals surface area (Å²) in [6.07, 6.45) is 1.88. The Morgan fingerprint density at radius 2 is 1.82 bits per heavy atom. The molecule has 38 heavy (non-hydrogen) atoms. The first-order valence-electron chi connectivity index (χ1n) is 12.5. The van der Waals surface area contributed by atoms with Crippen LogP contribution in [0.5, 0.6) is 5.75 Å². The van der Waals surface area contributed by atoms with Gasteiger partial charge >= 0.3 is 5.97 Å². The van der Waals surface area contributed by atoms with Crippen molar-refractivity contribution in [2.24, 2.45) is 0 Å². The van der Waals surface area contributed by atoms with Gasteiger partial charge in [0, 0.05) is 23.2 Å². The van der Waals surface area contributed by atoms with Crippen molar-refractivity contribution in [1.82, 2.24) is 14.6 Å². The number of carbonyl (C=O) groups is 1. The lowest BCUT2D eigenvalue weighted by molar-refractivity contribution is -0.137. The van der Waals surface area contributed by atoms with E-state index in [-0.39, 0.29) is 18.3 Å². The number of benzene rings is 2. The van der Waals surface area contributed by atoms with Crippen molar-refractivity contribution < 1.29 is 14.6 Å². The minimum Gasteiger partial charge on any atom is -0.489 e. The second-order valence-electron chi connectivity index (χ2n) is 9.65. The van der Waals surface area contributed by atoms with E-state index in [4.69, 9.17) is 14.8 Å². The van der Waals surface area contributed by atoms with Crippen molar-refractivity contribution in [3.63, 3.8) is 0 Å². The minimum atomic E-state index is -0.884. The largest absolute Gasteiger partial charge is 0.489 e. The van der Waals surface area contributed by atoms with Crippen LogP contribution in [0.4, 0.5) is 0 Å². The molecular formula is C31H30N4O3. The van der Waals surface area contributed by atoms with E-state index in [9.17, 15) is 15.2 Å². The van der Waals surface area contributed by atoms with Gasteiger partial charge in [-0.25, -0.2) is 9.50 Å². The molecule has 1 N–H and O–H groups in total. The quantitative estimate of drug-likeness (QED) is 0.287. The molecule has 0 fully saturated rings. The zero-order chi connectivity index (χ0) is 27.4. The molecule has 0 saturated carbocycles. The summed E-state index contributed by atoms with van der Waals surface area (Å²) >= 11 is 0. The van der Waals surface area contributed by atoms with Crippen LogP contribution in [-0.4, -0.2) is 25.7 Å². The maximum atomic E-state index is 11.2. The van der Waals surface area contributed by atoms with Crippen molar-refractivity contribution in [3.05, 3.63) is 82.3 Å². The zero-order valence-electron chi connectivity index (χ0n) is 22.2. The number of pyridine rings is 1. The maximum absolute atomic E-state index is 11.2. The van der Waals surface area contributed by atoms with Gasteiger partial charge in [-0.05, 0) is 73.4 Å². The van der Waals surface area contributed by atoms with E-state index >= 15 is 0 Å². The highest BCUT2D eigenvalue weighted by Gasteiger charge is 2.18. The molecule has 2 heterocycles. The molecule has 7 nitrogen and oxygen atoms in total. The van der Waals surface area contributed by atoms with Gasteiger partial charge in [0.05, 0.1) is 24.0 Å². The van der Waals surface area contributed by atoms with E-state index in [1.54, 1.807) is 6.92 Å². The van der Waals surface area contributed by atoms with Gasteiger partial charge in [0.25, 0.3) is 0 Å². The summed E-state index contributed by atoms with van der Waals surface area (Å²) in [5, 5.41) is 23.3. The van der Waals surface area contributed by atoms with Crippen LogP contribution in [0, 0.1) is 37.0 Å². The number of hydrogen-bond acceptors (Lipinski definition) is 5. The molecule has 0 bridgehead atoms. The van der Waals surface area contributed by atoms with Crippen LogP contribution in [0.15, 0.2) is 48.7 Å². The van der Waals surface area contributed by atoms with Gasteiger partial charge in [-0.1, -0.05) is 31.9 Å². The fraction of sp³-hybridized carbons (Fsp3) is 0.290. The van der Waals surface area contributed by atoms with E-state index in [1.165, 1.54) is 0 Å². The molecule has 4 aromatic rings. The predicted octanol–water partition coefficient (Wildman–Crippen LogP) is 6.17. The highest BCUT2D eigenvalue weighted by atomic mass is 16.5. The highest BCUT2D eigenvalue weighted by Crippen LogP contribution is 2.33. The Kier molecular flexibility index (Phi) is 7.79. The molecule has 0 saturated heterocycles. The first kappa shape index (κ1) is 26.4. The van der Waals surface area contributed by atoms with Gasteiger partial charge in [-0.2, -0.15) is 10.4 Å². The van der Waals surface area contributed by atoms with Crippen molar-refractivity contribution in [2.75, 3.05) is 0 Å². The molecule has 192 valence electrons. The van der Waals surface area contributed by atoms with Crippen molar-refractivity contribution >= 4 is 11.6 Å².